The van der Waals surface area contributed by atoms with Crippen molar-refractivity contribution in [3.63, 3.8) is 0 Å². The smallest absolute Gasteiger partial charge is 0.309 e. The van der Waals surface area contributed by atoms with Crippen molar-refractivity contribution in [2.75, 3.05) is 14.2 Å². The number of carbonyl (C=O) groups excluding carboxylic acids is 1. The highest BCUT2D eigenvalue weighted by Gasteiger charge is 2.41. The molecule has 0 bridgehead atoms. The highest BCUT2D eigenvalue weighted by atomic mass is 16.5. The lowest BCUT2D eigenvalue weighted by atomic mass is 9.64. The molecule has 4 rings (SSSR count). The second-order valence-electron chi connectivity index (χ2n) is 7.18. The van der Waals surface area contributed by atoms with Gasteiger partial charge in [0.05, 0.1) is 20.1 Å². The molecule has 0 amide bonds. The van der Waals surface area contributed by atoms with Gasteiger partial charge >= 0.3 is 5.97 Å². The van der Waals surface area contributed by atoms with E-state index in [4.69, 9.17) is 9.47 Å². The van der Waals surface area contributed by atoms with E-state index in [2.05, 4.69) is 42.5 Å². The van der Waals surface area contributed by atoms with E-state index in [1.165, 1.54) is 29.4 Å². The maximum absolute atomic E-state index is 12.4. The third kappa shape index (κ3) is 2.82. The van der Waals surface area contributed by atoms with Gasteiger partial charge in [0.15, 0.2) is 0 Å². The zero-order valence-corrected chi connectivity index (χ0v) is 14.8. The Morgan fingerprint density at radius 1 is 1.08 bits per heavy atom. The van der Waals surface area contributed by atoms with E-state index in [9.17, 15) is 4.79 Å². The van der Waals surface area contributed by atoms with Crippen LogP contribution in [0.4, 0.5) is 0 Å². The van der Waals surface area contributed by atoms with E-state index in [1.807, 2.05) is 0 Å². The van der Waals surface area contributed by atoms with Crippen LogP contribution in [0.15, 0.2) is 42.5 Å². The van der Waals surface area contributed by atoms with Gasteiger partial charge in [-0.25, -0.2) is 0 Å². The van der Waals surface area contributed by atoms with Crippen LogP contribution < -0.4 is 4.74 Å². The number of ether oxygens (including phenoxy) is 2. The van der Waals surface area contributed by atoms with Crippen molar-refractivity contribution in [3.05, 3.63) is 64.7 Å². The van der Waals surface area contributed by atoms with E-state index in [0.717, 1.165) is 31.4 Å². The molecule has 2 aromatic carbocycles. The molecule has 0 fully saturated rings. The topological polar surface area (TPSA) is 35.5 Å². The van der Waals surface area contributed by atoms with Crippen LogP contribution in [0, 0.1) is 5.92 Å². The molecule has 0 radical (unpaired) electrons. The number of methoxy groups -OCH3 is 2. The monoisotopic (exact) mass is 336 g/mol. The molecule has 0 N–H and O–H groups in total. The molecule has 3 atom stereocenters. The minimum atomic E-state index is -0.0638. The Kier molecular flexibility index (Phi) is 4.24. The maximum atomic E-state index is 12.4. The Hall–Kier alpha value is -2.29. The van der Waals surface area contributed by atoms with Gasteiger partial charge in [0.1, 0.15) is 5.75 Å². The third-order valence-corrected chi connectivity index (χ3v) is 5.92. The van der Waals surface area contributed by atoms with Crippen molar-refractivity contribution in [1.29, 1.82) is 0 Å². The maximum Gasteiger partial charge on any atom is 0.309 e. The summed E-state index contributed by atoms with van der Waals surface area (Å²) >= 11 is 0. The zero-order valence-electron chi connectivity index (χ0n) is 14.8. The summed E-state index contributed by atoms with van der Waals surface area (Å²) in [5.41, 5.74) is 5.43. The summed E-state index contributed by atoms with van der Waals surface area (Å²) in [7, 11) is 3.23. The molecule has 2 aliphatic carbocycles. The summed E-state index contributed by atoms with van der Waals surface area (Å²) in [4.78, 5) is 12.4. The Morgan fingerprint density at radius 2 is 1.84 bits per heavy atom. The first kappa shape index (κ1) is 16.2. The van der Waals surface area contributed by atoms with Gasteiger partial charge in [-0.05, 0) is 71.9 Å². The molecular formula is C22H24O3. The highest BCUT2D eigenvalue weighted by Crippen LogP contribution is 2.50. The molecule has 3 heteroatoms. The van der Waals surface area contributed by atoms with Crippen molar-refractivity contribution in [3.8, 4) is 5.75 Å². The van der Waals surface area contributed by atoms with Crippen LogP contribution in [0.2, 0.25) is 0 Å². The number of carbonyl (C=O) groups is 1. The average Bonchev–Trinajstić information content (AvgIpc) is 2.67. The predicted octanol–water partition coefficient (Wildman–Crippen LogP) is 4.24. The molecule has 0 heterocycles. The molecule has 2 aliphatic rings. The quantitative estimate of drug-likeness (QED) is 0.786. The normalized spacial score (nSPS) is 24.3. The van der Waals surface area contributed by atoms with Crippen LogP contribution in [0.5, 0.6) is 5.75 Å². The molecule has 3 nitrogen and oxygen atoms in total. The summed E-state index contributed by atoms with van der Waals surface area (Å²) in [6, 6.07) is 15.0. The third-order valence-electron chi connectivity index (χ3n) is 5.92. The Balaban J connectivity index is 1.80. The summed E-state index contributed by atoms with van der Waals surface area (Å²) < 4.78 is 10.6. The summed E-state index contributed by atoms with van der Waals surface area (Å²) in [5.74, 6) is 1.51. The molecule has 0 saturated carbocycles. The molecule has 2 aromatic rings. The number of rotatable bonds is 3. The van der Waals surface area contributed by atoms with Gasteiger partial charge in [0.25, 0.3) is 0 Å². The number of aryl methyl sites for hydroxylation is 1. The van der Waals surface area contributed by atoms with Crippen molar-refractivity contribution >= 4 is 5.97 Å². The number of benzene rings is 2. The summed E-state index contributed by atoms with van der Waals surface area (Å²) in [5, 5.41) is 0. The van der Waals surface area contributed by atoms with Crippen molar-refractivity contribution < 1.29 is 14.3 Å². The van der Waals surface area contributed by atoms with E-state index in [-0.39, 0.29) is 17.8 Å². The van der Waals surface area contributed by atoms with Crippen LogP contribution in [-0.4, -0.2) is 20.2 Å². The largest absolute Gasteiger partial charge is 0.497 e. The van der Waals surface area contributed by atoms with Crippen LogP contribution >= 0.6 is 0 Å². The first-order chi connectivity index (χ1) is 12.2. The molecule has 0 aliphatic heterocycles. The molecule has 0 aromatic heterocycles. The Labute approximate surface area is 149 Å². The molecule has 0 saturated heterocycles. The van der Waals surface area contributed by atoms with Gasteiger partial charge in [-0.2, -0.15) is 0 Å². The minimum Gasteiger partial charge on any atom is -0.497 e. The van der Waals surface area contributed by atoms with Crippen molar-refractivity contribution in [2.45, 2.75) is 37.5 Å². The van der Waals surface area contributed by atoms with Crippen LogP contribution in [0.3, 0.4) is 0 Å². The molecule has 0 unspecified atom stereocenters. The lowest BCUT2D eigenvalue weighted by Crippen LogP contribution is -2.33. The van der Waals surface area contributed by atoms with Gasteiger partial charge < -0.3 is 9.47 Å². The van der Waals surface area contributed by atoms with Crippen molar-refractivity contribution in [2.24, 2.45) is 5.92 Å². The first-order valence-electron chi connectivity index (χ1n) is 9.03. The standard InChI is InChI=1S/C22H24O3/c1-24-18-11-15-8-9-19(22(23)25-2)20-13-16(10-17(12-18)21(15)20)14-6-4-3-5-7-14/h3-7,11-12,16,19-20H,8-10,13H2,1-2H3/t16-,19-,20-/m1/s1. The van der Waals surface area contributed by atoms with E-state index in [0.29, 0.717) is 5.92 Å². The first-order valence-corrected chi connectivity index (χ1v) is 9.03. The second kappa shape index (κ2) is 6.55. The van der Waals surface area contributed by atoms with Crippen molar-refractivity contribution in [1.82, 2.24) is 0 Å². The predicted molar refractivity (Wildman–Crippen MR) is 97.1 cm³/mol. The van der Waals surface area contributed by atoms with Crippen LogP contribution in [-0.2, 0) is 22.4 Å². The lowest BCUT2D eigenvalue weighted by Gasteiger charge is -2.40. The number of hydrogen-bond donors (Lipinski definition) is 0. The fraction of sp³-hybridized carbons (Fsp3) is 0.409. The van der Waals surface area contributed by atoms with E-state index in [1.54, 1.807) is 7.11 Å². The zero-order chi connectivity index (χ0) is 17.4. The van der Waals surface area contributed by atoms with Gasteiger partial charge in [-0.3, -0.25) is 4.79 Å². The number of esters is 1. The lowest BCUT2D eigenvalue weighted by molar-refractivity contribution is -0.147. The Bertz CT molecular complexity index is 781. The molecule has 0 spiro atoms. The fourth-order valence-electron chi connectivity index (χ4n) is 4.78. The molecular weight excluding hydrogens is 312 g/mol. The van der Waals surface area contributed by atoms with E-state index >= 15 is 0 Å². The van der Waals surface area contributed by atoms with Gasteiger partial charge in [-0.15, -0.1) is 0 Å². The average molecular weight is 336 g/mol. The fourth-order valence-corrected chi connectivity index (χ4v) is 4.78. The van der Waals surface area contributed by atoms with Gasteiger partial charge in [0, 0.05) is 0 Å². The molecule has 130 valence electrons. The van der Waals surface area contributed by atoms with Crippen LogP contribution in [0.25, 0.3) is 0 Å². The highest BCUT2D eigenvalue weighted by molar-refractivity contribution is 5.75. The van der Waals surface area contributed by atoms with Gasteiger partial charge in [0.2, 0.25) is 0 Å². The molecule has 25 heavy (non-hydrogen) atoms. The summed E-state index contributed by atoms with van der Waals surface area (Å²) in [6.07, 6.45) is 3.80. The summed E-state index contributed by atoms with van der Waals surface area (Å²) in [6.45, 7) is 0. The minimum absolute atomic E-state index is 0.0313. The number of hydrogen-bond acceptors (Lipinski definition) is 3. The van der Waals surface area contributed by atoms with Crippen LogP contribution in [0.1, 0.15) is 46.9 Å². The SMILES string of the molecule is COC(=O)[C@@H]1CCc2cc(OC)cc3c2[C@@H]1C[C@H](c1ccccc1)C3. The van der Waals surface area contributed by atoms with E-state index < -0.39 is 0 Å². The second-order valence-corrected chi connectivity index (χ2v) is 7.18. The van der Waals surface area contributed by atoms with Gasteiger partial charge in [-0.1, -0.05) is 30.3 Å². The Morgan fingerprint density at radius 3 is 2.56 bits per heavy atom.